The van der Waals surface area contributed by atoms with Gasteiger partial charge in [0, 0.05) is 12.1 Å². The minimum Gasteiger partial charge on any atom is -0.411 e. The molecule has 0 fully saturated rings. The van der Waals surface area contributed by atoms with Crippen LogP contribution in [-0.4, -0.2) is 28.4 Å². The smallest absolute Gasteiger partial charge is 0.277 e. The van der Waals surface area contributed by atoms with Gasteiger partial charge in [-0.1, -0.05) is 75.0 Å². The molecular formula is C22H25N3O2S. The zero-order chi connectivity index (χ0) is 20.0. The average molecular weight is 396 g/mol. The van der Waals surface area contributed by atoms with Gasteiger partial charge >= 0.3 is 0 Å². The van der Waals surface area contributed by atoms with Crippen LogP contribution >= 0.6 is 11.8 Å². The number of benzene rings is 2. The van der Waals surface area contributed by atoms with E-state index in [-0.39, 0.29) is 17.1 Å². The monoisotopic (exact) mass is 395 g/mol. The molecule has 0 unspecified atom stereocenters. The van der Waals surface area contributed by atoms with Crippen LogP contribution < -0.4 is 5.32 Å². The van der Waals surface area contributed by atoms with Crippen molar-refractivity contribution in [3.63, 3.8) is 0 Å². The second-order valence-corrected chi connectivity index (χ2v) is 8.50. The molecule has 3 rings (SSSR count). The normalized spacial score (nSPS) is 11.4. The van der Waals surface area contributed by atoms with Crippen molar-refractivity contribution in [3.05, 3.63) is 65.7 Å². The maximum absolute atomic E-state index is 12.0. The maximum atomic E-state index is 12.0. The summed E-state index contributed by atoms with van der Waals surface area (Å²) in [5.41, 5.74) is 3.54. The van der Waals surface area contributed by atoms with Crippen molar-refractivity contribution in [2.24, 2.45) is 0 Å². The Labute approximate surface area is 170 Å². The van der Waals surface area contributed by atoms with Crippen molar-refractivity contribution >= 4 is 17.7 Å². The number of nitrogens with one attached hydrogen (secondary N) is 1. The van der Waals surface area contributed by atoms with Gasteiger partial charge in [0.1, 0.15) is 0 Å². The van der Waals surface area contributed by atoms with Gasteiger partial charge in [-0.2, -0.15) is 0 Å². The highest BCUT2D eigenvalue weighted by molar-refractivity contribution is 7.99. The molecule has 0 saturated carbocycles. The van der Waals surface area contributed by atoms with Gasteiger partial charge in [-0.3, -0.25) is 4.79 Å². The number of rotatable bonds is 7. The average Bonchev–Trinajstić information content (AvgIpc) is 3.16. The highest BCUT2D eigenvalue weighted by Gasteiger charge is 2.13. The minimum absolute atomic E-state index is 0.0456. The molecule has 0 spiro atoms. The fourth-order valence-electron chi connectivity index (χ4n) is 2.66. The summed E-state index contributed by atoms with van der Waals surface area (Å²) in [4.78, 5) is 12.0. The summed E-state index contributed by atoms with van der Waals surface area (Å²) < 4.78 is 5.59. The van der Waals surface area contributed by atoms with Crippen LogP contribution in [0.1, 0.15) is 31.9 Å². The third kappa shape index (κ3) is 5.70. The molecule has 1 amide bonds. The molecule has 1 N–H and O–H groups in total. The minimum atomic E-state index is -0.0456. The quantitative estimate of drug-likeness (QED) is 0.597. The first-order valence-electron chi connectivity index (χ1n) is 9.30. The summed E-state index contributed by atoms with van der Waals surface area (Å²) in [6.07, 6.45) is 0.805. The van der Waals surface area contributed by atoms with Crippen molar-refractivity contribution in [2.45, 2.75) is 37.8 Å². The van der Waals surface area contributed by atoms with Gasteiger partial charge in [-0.25, -0.2) is 0 Å². The van der Waals surface area contributed by atoms with Gasteiger partial charge in [0.15, 0.2) is 0 Å². The van der Waals surface area contributed by atoms with Crippen molar-refractivity contribution in [1.82, 2.24) is 15.5 Å². The SMILES string of the molecule is CC(C)(C)c1ccc(CCNC(=O)CSc2nnc(-c3ccccc3)o2)cc1. The van der Waals surface area contributed by atoms with Crippen molar-refractivity contribution in [2.75, 3.05) is 12.3 Å². The van der Waals surface area contributed by atoms with Gasteiger partial charge in [-0.05, 0) is 35.1 Å². The van der Waals surface area contributed by atoms with E-state index in [1.54, 1.807) is 0 Å². The Morgan fingerprint density at radius 1 is 1.04 bits per heavy atom. The van der Waals surface area contributed by atoms with E-state index in [0.29, 0.717) is 17.7 Å². The summed E-state index contributed by atoms with van der Waals surface area (Å²) in [7, 11) is 0. The van der Waals surface area contributed by atoms with Gasteiger partial charge in [-0.15, -0.1) is 10.2 Å². The summed E-state index contributed by atoms with van der Waals surface area (Å²) in [5, 5.41) is 11.3. The molecule has 0 atom stereocenters. The lowest BCUT2D eigenvalue weighted by Crippen LogP contribution is -2.27. The molecule has 0 aliphatic heterocycles. The third-order valence-corrected chi connectivity index (χ3v) is 5.13. The summed E-state index contributed by atoms with van der Waals surface area (Å²) in [5.74, 6) is 0.664. The Kier molecular flexibility index (Phi) is 6.52. The maximum Gasteiger partial charge on any atom is 0.277 e. The van der Waals surface area contributed by atoms with E-state index < -0.39 is 0 Å². The molecule has 0 bridgehead atoms. The lowest BCUT2D eigenvalue weighted by atomic mass is 9.86. The first-order chi connectivity index (χ1) is 13.4. The number of aromatic nitrogens is 2. The molecule has 0 saturated heterocycles. The number of hydrogen-bond donors (Lipinski definition) is 1. The Bertz CT molecular complexity index is 900. The van der Waals surface area contributed by atoms with E-state index in [4.69, 9.17) is 4.42 Å². The van der Waals surface area contributed by atoms with Gasteiger partial charge in [0.05, 0.1) is 5.75 Å². The van der Waals surface area contributed by atoms with E-state index in [2.05, 4.69) is 60.6 Å². The van der Waals surface area contributed by atoms with Crippen LogP contribution in [0.3, 0.4) is 0 Å². The molecule has 1 aromatic heterocycles. The fourth-order valence-corrected chi connectivity index (χ4v) is 3.25. The summed E-state index contributed by atoms with van der Waals surface area (Å²) in [6.45, 7) is 7.21. The molecular weight excluding hydrogens is 370 g/mol. The summed E-state index contributed by atoms with van der Waals surface area (Å²) >= 11 is 1.24. The number of carbonyl (C=O) groups excluding carboxylic acids is 1. The van der Waals surface area contributed by atoms with Gasteiger partial charge in [0.25, 0.3) is 5.22 Å². The van der Waals surface area contributed by atoms with Crippen molar-refractivity contribution in [3.8, 4) is 11.5 Å². The van der Waals surface area contributed by atoms with E-state index in [9.17, 15) is 4.79 Å². The summed E-state index contributed by atoms with van der Waals surface area (Å²) in [6, 6.07) is 18.1. The van der Waals surface area contributed by atoms with Crippen LogP contribution in [0.5, 0.6) is 0 Å². The molecule has 5 nitrogen and oxygen atoms in total. The van der Waals surface area contributed by atoms with Gasteiger partial charge < -0.3 is 9.73 Å². The number of amides is 1. The predicted octanol–water partition coefficient (Wildman–Crippen LogP) is 4.49. The Hall–Kier alpha value is -2.60. The molecule has 6 heteroatoms. The van der Waals surface area contributed by atoms with Crippen molar-refractivity contribution in [1.29, 1.82) is 0 Å². The second-order valence-electron chi connectivity index (χ2n) is 7.57. The van der Waals surface area contributed by atoms with Crippen LogP contribution in [0.4, 0.5) is 0 Å². The van der Waals surface area contributed by atoms with Crippen LogP contribution in [0, 0.1) is 0 Å². The molecule has 146 valence electrons. The second kappa shape index (κ2) is 9.06. The third-order valence-electron chi connectivity index (χ3n) is 4.31. The van der Waals surface area contributed by atoms with Gasteiger partial charge in [0.2, 0.25) is 11.8 Å². The Balaban J connectivity index is 1.41. The molecule has 2 aromatic carbocycles. The lowest BCUT2D eigenvalue weighted by molar-refractivity contribution is -0.118. The predicted molar refractivity (Wildman–Crippen MR) is 112 cm³/mol. The molecule has 0 aliphatic carbocycles. The molecule has 0 aliphatic rings. The van der Waals surface area contributed by atoms with Crippen LogP contribution in [-0.2, 0) is 16.6 Å². The highest BCUT2D eigenvalue weighted by Crippen LogP contribution is 2.23. The Morgan fingerprint density at radius 3 is 2.43 bits per heavy atom. The topological polar surface area (TPSA) is 68.0 Å². The first kappa shape index (κ1) is 20.1. The molecule has 3 aromatic rings. The number of hydrogen-bond acceptors (Lipinski definition) is 5. The molecule has 0 radical (unpaired) electrons. The van der Waals surface area contributed by atoms with Crippen molar-refractivity contribution < 1.29 is 9.21 Å². The Morgan fingerprint density at radius 2 is 1.75 bits per heavy atom. The van der Waals surface area contributed by atoms with Crippen LogP contribution in [0.2, 0.25) is 0 Å². The van der Waals surface area contributed by atoms with E-state index in [1.807, 2.05) is 30.3 Å². The molecule has 1 heterocycles. The zero-order valence-electron chi connectivity index (χ0n) is 16.4. The standard InChI is InChI=1S/C22H25N3O2S/c1-22(2,3)18-11-9-16(10-12-18)13-14-23-19(26)15-28-21-25-24-20(27-21)17-7-5-4-6-8-17/h4-12H,13-15H2,1-3H3,(H,23,26). The zero-order valence-corrected chi connectivity index (χ0v) is 17.3. The van der Waals surface area contributed by atoms with E-state index in [0.717, 1.165) is 12.0 Å². The number of carbonyl (C=O) groups is 1. The van der Waals surface area contributed by atoms with E-state index in [1.165, 1.54) is 22.9 Å². The molecule has 28 heavy (non-hydrogen) atoms. The lowest BCUT2D eigenvalue weighted by Gasteiger charge is -2.19. The number of nitrogens with zero attached hydrogens (tertiary/aromatic N) is 2. The van der Waals surface area contributed by atoms with Crippen LogP contribution in [0.25, 0.3) is 11.5 Å². The largest absolute Gasteiger partial charge is 0.411 e. The highest BCUT2D eigenvalue weighted by atomic mass is 32.2. The fraction of sp³-hybridized carbons (Fsp3) is 0.318. The van der Waals surface area contributed by atoms with Crippen LogP contribution in [0.15, 0.2) is 64.2 Å². The number of thioether (sulfide) groups is 1. The van der Waals surface area contributed by atoms with E-state index >= 15 is 0 Å². The first-order valence-corrected chi connectivity index (χ1v) is 10.3.